The van der Waals surface area contributed by atoms with Gasteiger partial charge in [0.1, 0.15) is 36.8 Å². The number of nitrogens with zero attached hydrogens (tertiary/aromatic N) is 9. The summed E-state index contributed by atoms with van der Waals surface area (Å²) in [5, 5.41) is 16.8. The maximum absolute atomic E-state index is 13.4. The molecule has 0 radical (unpaired) electrons. The molecule has 2 aliphatic heterocycles. The van der Waals surface area contributed by atoms with Crippen LogP contribution in [0.4, 0.5) is 11.6 Å². The van der Waals surface area contributed by atoms with Gasteiger partial charge in [0.25, 0.3) is 5.91 Å². The second-order valence-electron chi connectivity index (χ2n) is 11.5. The van der Waals surface area contributed by atoms with Gasteiger partial charge in [-0.2, -0.15) is 10.4 Å². The van der Waals surface area contributed by atoms with Crippen molar-refractivity contribution < 1.29 is 14.3 Å². The second kappa shape index (κ2) is 14.4. The highest BCUT2D eigenvalue weighted by Gasteiger charge is 2.29. The van der Waals surface area contributed by atoms with Gasteiger partial charge in [-0.15, -0.1) is 0 Å². The molecule has 2 fully saturated rings. The molecule has 238 valence electrons. The molecule has 46 heavy (non-hydrogen) atoms. The molecule has 4 aromatic rings. The van der Waals surface area contributed by atoms with Gasteiger partial charge in [0, 0.05) is 68.8 Å². The van der Waals surface area contributed by atoms with Crippen LogP contribution in [-0.2, 0) is 6.54 Å². The number of likely N-dealkylation sites (N-methyl/N-ethyl adjacent to an activating group) is 1. The van der Waals surface area contributed by atoms with E-state index < -0.39 is 0 Å². The average Bonchev–Trinajstić information content (AvgIpc) is 3.62. The Morgan fingerprint density at radius 2 is 1.78 bits per heavy atom. The van der Waals surface area contributed by atoms with Gasteiger partial charge >= 0.3 is 0 Å². The number of nitriles is 1. The van der Waals surface area contributed by atoms with Gasteiger partial charge < -0.3 is 24.6 Å². The number of hydrogen-bond acceptors (Lipinski definition) is 11. The van der Waals surface area contributed by atoms with E-state index in [0.717, 1.165) is 63.2 Å². The largest absolute Gasteiger partial charge is 0.495 e. The highest BCUT2D eigenvalue weighted by Crippen LogP contribution is 2.30. The minimum Gasteiger partial charge on any atom is -0.495 e. The third-order valence-electron chi connectivity index (χ3n) is 8.63. The van der Waals surface area contributed by atoms with Crippen molar-refractivity contribution in [1.29, 1.82) is 5.26 Å². The summed E-state index contributed by atoms with van der Waals surface area (Å²) in [7, 11) is 3.75. The Labute approximate surface area is 268 Å². The highest BCUT2D eigenvalue weighted by atomic mass is 16.5. The van der Waals surface area contributed by atoms with Gasteiger partial charge in [0.15, 0.2) is 0 Å². The van der Waals surface area contributed by atoms with Crippen LogP contribution in [0.3, 0.4) is 0 Å². The van der Waals surface area contributed by atoms with Gasteiger partial charge in [-0.3, -0.25) is 9.69 Å². The van der Waals surface area contributed by atoms with Crippen LogP contribution >= 0.6 is 0 Å². The van der Waals surface area contributed by atoms with E-state index in [1.165, 1.54) is 6.33 Å². The first kappa shape index (κ1) is 30.9. The zero-order valence-electron chi connectivity index (χ0n) is 26.2. The van der Waals surface area contributed by atoms with Crippen LogP contribution in [0.1, 0.15) is 28.8 Å². The first-order valence-electron chi connectivity index (χ1n) is 15.5. The van der Waals surface area contributed by atoms with E-state index in [-0.39, 0.29) is 5.91 Å². The van der Waals surface area contributed by atoms with Crippen LogP contribution in [-0.4, -0.2) is 111 Å². The predicted molar refractivity (Wildman–Crippen MR) is 172 cm³/mol. The molecule has 2 aliphatic rings. The van der Waals surface area contributed by atoms with Crippen molar-refractivity contribution in [3.8, 4) is 28.7 Å². The summed E-state index contributed by atoms with van der Waals surface area (Å²) in [6, 6.07) is 13.5. The second-order valence-corrected chi connectivity index (χ2v) is 11.5. The van der Waals surface area contributed by atoms with Crippen molar-refractivity contribution in [1.82, 2.24) is 39.4 Å². The van der Waals surface area contributed by atoms with Gasteiger partial charge in [0.05, 0.1) is 24.9 Å². The molecule has 2 saturated heterocycles. The molecule has 0 spiro atoms. The Bertz CT molecular complexity index is 1660. The van der Waals surface area contributed by atoms with Crippen LogP contribution in [0.2, 0.25) is 0 Å². The number of ether oxygens (including phenoxy) is 2. The standard InChI is InChI=1S/C33H38N10O3/c1-40-11-13-41(14-12-40)28-7-9-42(10-8-28)32(44)25-5-6-29(31(18-25)45-2)39-33-36-20-27(21-37-33)24-3-4-26(19-34)30(17-24)46-16-15-43-23-35-22-38-43/h3-6,17-18,20-23,28H,7-16H2,1-2H3,(H,36,37,39). The zero-order valence-corrected chi connectivity index (χ0v) is 26.2. The Balaban J connectivity index is 1.07. The fourth-order valence-corrected chi connectivity index (χ4v) is 5.90. The number of nitrogens with one attached hydrogen (secondary N) is 1. The van der Waals surface area contributed by atoms with E-state index in [1.54, 1.807) is 48.7 Å². The number of anilines is 2. The number of methoxy groups -OCH3 is 1. The fraction of sp³-hybridized carbons (Fsp3) is 0.394. The van der Waals surface area contributed by atoms with Crippen LogP contribution < -0.4 is 14.8 Å². The number of benzene rings is 2. The first-order chi connectivity index (χ1) is 22.5. The van der Waals surface area contributed by atoms with Crippen molar-refractivity contribution in [2.24, 2.45) is 0 Å². The summed E-state index contributed by atoms with van der Waals surface area (Å²) >= 11 is 0. The summed E-state index contributed by atoms with van der Waals surface area (Å²) in [6.07, 6.45) is 8.48. The maximum Gasteiger partial charge on any atom is 0.253 e. The number of likely N-dealkylation sites (tertiary alicyclic amines) is 1. The van der Waals surface area contributed by atoms with Crippen LogP contribution in [0.25, 0.3) is 11.1 Å². The van der Waals surface area contributed by atoms with Crippen molar-refractivity contribution in [3.05, 3.63) is 72.6 Å². The molecule has 13 nitrogen and oxygen atoms in total. The topological polar surface area (TPSA) is 138 Å². The van der Waals surface area contributed by atoms with E-state index in [4.69, 9.17) is 9.47 Å². The number of amides is 1. The van der Waals surface area contributed by atoms with Gasteiger partial charge in [-0.25, -0.2) is 19.6 Å². The van der Waals surface area contributed by atoms with E-state index in [0.29, 0.717) is 53.5 Å². The number of piperidine rings is 1. The molecule has 2 aromatic carbocycles. The smallest absolute Gasteiger partial charge is 0.253 e. The SMILES string of the molecule is COc1cc(C(=O)N2CCC(N3CCN(C)CC3)CC2)ccc1Nc1ncc(-c2ccc(C#N)c(OCCn3cncn3)c2)cn1. The Morgan fingerprint density at radius 1 is 1.00 bits per heavy atom. The van der Waals surface area contributed by atoms with E-state index in [9.17, 15) is 10.1 Å². The first-order valence-corrected chi connectivity index (χ1v) is 15.5. The molecular weight excluding hydrogens is 584 g/mol. The number of carbonyl (C=O) groups excluding carboxylic acids is 1. The van der Waals surface area contributed by atoms with Gasteiger partial charge in [-0.05, 0) is 55.8 Å². The van der Waals surface area contributed by atoms with E-state index in [1.807, 2.05) is 23.1 Å². The Kier molecular flexibility index (Phi) is 9.66. The molecular formula is C33H38N10O3. The molecule has 0 saturated carbocycles. The molecule has 0 bridgehead atoms. The van der Waals surface area contributed by atoms with Crippen LogP contribution in [0.15, 0.2) is 61.4 Å². The molecule has 1 N–H and O–H groups in total. The molecule has 4 heterocycles. The lowest BCUT2D eigenvalue weighted by Gasteiger charge is -2.42. The number of aromatic nitrogens is 5. The van der Waals surface area contributed by atoms with Gasteiger partial charge in [0.2, 0.25) is 5.95 Å². The summed E-state index contributed by atoms with van der Waals surface area (Å²) in [5.41, 5.74) is 3.26. The number of piperazine rings is 1. The van der Waals surface area contributed by atoms with E-state index in [2.05, 4.69) is 48.3 Å². The monoisotopic (exact) mass is 622 g/mol. The molecule has 13 heteroatoms. The summed E-state index contributed by atoms with van der Waals surface area (Å²) in [4.78, 5) is 33.2. The Hall–Kier alpha value is -5.06. The molecule has 2 aromatic heterocycles. The van der Waals surface area contributed by atoms with Crippen molar-refractivity contribution in [2.45, 2.75) is 25.4 Å². The number of rotatable bonds is 10. The number of hydrogen-bond donors (Lipinski definition) is 1. The summed E-state index contributed by atoms with van der Waals surface area (Å²) in [5.74, 6) is 1.41. The molecule has 0 atom stereocenters. The van der Waals surface area contributed by atoms with E-state index >= 15 is 0 Å². The predicted octanol–water partition coefficient (Wildman–Crippen LogP) is 3.29. The quantitative estimate of drug-likeness (QED) is 0.279. The lowest BCUT2D eigenvalue weighted by molar-refractivity contribution is 0.0518. The van der Waals surface area contributed by atoms with Crippen molar-refractivity contribution in [3.63, 3.8) is 0 Å². The number of carbonyl (C=O) groups is 1. The lowest BCUT2D eigenvalue weighted by atomic mass is 10.0. The normalized spacial score (nSPS) is 16.2. The zero-order chi connectivity index (χ0) is 31.9. The minimum absolute atomic E-state index is 0.0199. The summed E-state index contributed by atoms with van der Waals surface area (Å²) < 4.78 is 13.2. The van der Waals surface area contributed by atoms with Gasteiger partial charge in [-0.1, -0.05) is 6.07 Å². The molecule has 1 amide bonds. The van der Waals surface area contributed by atoms with Crippen LogP contribution in [0, 0.1) is 11.3 Å². The molecule has 0 unspecified atom stereocenters. The lowest BCUT2D eigenvalue weighted by Crippen LogP contribution is -2.52. The molecule has 6 rings (SSSR count). The average molecular weight is 623 g/mol. The highest BCUT2D eigenvalue weighted by molar-refractivity contribution is 5.95. The molecule has 0 aliphatic carbocycles. The van der Waals surface area contributed by atoms with Crippen LogP contribution in [0.5, 0.6) is 11.5 Å². The fourth-order valence-electron chi connectivity index (χ4n) is 5.90. The van der Waals surface area contributed by atoms with Crippen molar-refractivity contribution in [2.75, 3.05) is 65.3 Å². The third-order valence-corrected chi connectivity index (χ3v) is 8.63. The Morgan fingerprint density at radius 3 is 2.48 bits per heavy atom. The van der Waals surface area contributed by atoms with Crippen molar-refractivity contribution >= 4 is 17.5 Å². The minimum atomic E-state index is 0.0199. The third kappa shape index (κ3) is 7.25. The maximum atomic E-state index is 13.4. The summed E-state index contributed by atoms with van der Waals surface area (Å²) in [6.45, 7) is 6.78.